The molecular weight excluding hydrogens is 222 g/mol. The molecule has 0 bridgehead atoms. The zero-order valence-electron chi connectivity index (χ0n) is 9.66. The summed E-state index contributed by atoms with van der Waals surface area (Å²) in [7, 11) is 1.68. The van der Waals surface area contributed by atoms with E-state index < -0.39 is 0 Å². The number of hydrogen-bond acceptors (Lipinski definition) is 4. The van der Waals surface area contributed by atoms with Gasteiger partial charge in [0, 0.05) is 11.4 Å². The zero-order chi connectivity index (χ0) is 11.6. The van der Waals surface area contributed by atoms with Crippen LogP contribution in [0.4, 0.5) is 0 Å². The SMILES string of the molecule is COc1ccc(SC2(CN)COC2)c(C)c1. The number of aryl methyl sites for hydroxylation is 1. The first-order chi connectivity index (χ1) is 7.69. The number of ether oxygens (including phenoxy) is 2. The largest absolute Gasteiger partial charge is 0.497 e. The van der Waals surface area contributed by atoms with Gasteiger partial charge in [0.25, 0.3) is 0 Å². The molecule has 0 unspecified atom stereocenters. The summed E-state index contributed by atoms with van der Waals surface area (Å²) in [4.78, 5) is 1.26. The van der Waals surface area contributed by atoms with Crippen molar-refractivity contribution >= 4 is 11.8 Å². The van der Waals surface area contributed by atoms with Gasteiger partial charge in [-0.25, -0.2) is 0 Å². The third-order valence-corrected chi connectivity index (χ3v) is 4.32. The molecule has 4 heteroatoms. The third-order valence-electron chi connectivity index (χ3n) is 2.81. The van der Waals surface area contributed by atoms with Gasteiger partial charge in [-0.15, -0.1) is 11.8 Å². The standard InChI is InChI=1S/C12H17NO2S/c1-9-5-10(14-2)3-4-11(9)16-12(6-13)7-15-8-12/h3-5H,6-8,13H2,1-2H3. The van der Waals surface area contributed by atoms with Gasteiger partial charge in [-0.3, -0.25) is 0 Å². The number of thioether (sulfide) groups is 1. The molecule has 16 heavy (non-hydrogen) atoms. The molecule has 1 aliphatic heterocycles. The van der Waals surface area contributed by atoms with Gasteiger partial charge < -0.3 is 15.2 Å². The molecule has 0 spiro atoms. The lowest BCUT2D eigenvalue weighted by molar-refractivity contribution is -0.00435. The van der Waals surface area contributed by atoms with Crippen molar-refractivity contribution in [2.75, 3.05) is 26.9 Å². The first-order valence-corrected chi connectivity index (χ1v) is 6.12. The fourth-order valence-corrected chi connectivity index (χ4v) is 2.84. The predicted octanol–water partition coefficient (Wildman–Crippen LogP) is 1.82. The van der Waals surface area contributed by atoms with Crippen molar-refractivity contribution in [1.29, 1.82) is 0 Å². The minimum absolute atomic E-state index is 0.0827. The van der Waals surface area contributed by atoms with E-state index in [-0.39, 0.29) is 4.75 Å². The fourth-order valence-electron chi connectivity index (χ4n) is 1.64. The van der Waals surface area contributed by atoms with Gasteiger partial charge in [0.2, 0.25) is 0 Å². The highest BCUT2D eigenvalue weighted by Gasteiger charge is 2.38. The van der Waals surface area contributed by atoms with Gasteiger partial charge in [-0.05, 0) is 30.7 Å². The number of hydrogen-bond donors (Lipinski definition) is 1. The van der Waals surface area contributed by atoms with Crippen LogP contribution in [0.1, 0.15) is 5.56 Å². The predicted molar refractivity (Wildman–Crippen MR) is 66.2 cm³/mol. The Hall–Kier alpha value is -0.710. The van der Waals surface area contributed by atoms with Gasteiger partial charge in [-0.2, -0.15) is 0 Å². The van der Waals surface area contributed by atoms with Crippen LogP contribution in [0, 0.1) is 6.92 Å². The van der Waals surface area contributed by atoms with Gasteiger partial charge >= 0.3 is 0 Å². The summed E-state index contributed by atoms with van der Waals surface area (Å²) in [6.07, 6.45) is 0. The van der Waals surface area contributed by atoms with Gasteiger partial charge in [0.15, 0.2) is 0 Å². The van der Waals surface area contributed by atoms with Crippen molar-refractivity contribution in [2.45, 2.75) is 16.6 Å². The van der Waals surface area contributed by atoms with Gasteiger partial charge in [0.05, 0.1) is 25.1 Å². The van der Waals surface area contributed by atoms with Crippen LogP contribution in [-0.2, 0) is 4.74 Å². The van der Waals surface area contributed by atoms with Crippen LogP contribution in [0.25, 0.3) is 0 Å². The molecule has 0 radical (unpaired) electrons. The van der Waals surface area contributed by atoms with Gasteiger partial charge in [0.1, 0.15) is 5.75 Å². The quantitative estimate of drug-likeness (QED) is 0.870. The van der Waals surface area contributed by atoms with Crippen molar-refractivity contribution in [2.24, 2.45) is 5.73 Å². The first-order valence-electron chi connectivity index (χ1n) is 5.30. The number of benzene rings is 1. The Balaban J connectivity index is 2.15. The second kappa shape index (κ2) is 4.65. The summed E-state index contributed by atoms with van der Waals surface area (Å²) < 4.78 is 10.5. The van der Waals surface area contributed by atoms with Crippen LogP contribution in [0.3, 0.4) is 0 Å². The Bertz CT molecular complexity index is 372. The van der Waals surface area contributed by atoms with E-state index in [1.807, 2.05) is 23.9 Å². The molecule has 0 aliphatic carbocycles. The van der Waals surface area contributed by atoms with E-state index in [2.05, 4.69) is 13.0 Å². The average Bonchev–Trinajstić information content (AvgIpc) is 2.25. The minimum atomic E-state index is 0.0827. The maximum atomic E-state index is 5.80. The average molecular weight is 239 g/mol. The second-order valence-corrected chi connectivity index (χ2v) is 5.62. The molecule has 1 aliphatic rings. The lowest BCUT2D eigenvalue weighted by Crippen LogP contribution is -2.52. The highest BCUT2D eigenvalue weighted by Crippen LogP contribution is 2.40. The van der Waals surface area contributed by atoms with Gasteiger partial charge in [-0.1, -0.05) is 0 Å². The van der Waals surface area contributed by atoms with E-state index >= 15 is 0 Å². The van der Waals surface area contributed by atoms with Crippen molar-refractivity contribution in [3.63, 3.8) is 0 Å². The normalized spacial score (nSPS) is 17.9. The van der Waals surface area contributed by atoms with Crippen LogP contribution >= 0.6 is 11.8 Å². The maximum absolute atomic E-state index is 5.80. The van der Waals surface area contributed by atoms with Crippen molar-refractivity contribution in [1.82, 2.24) is 0 Å². The molecule has 1 aromatic rings. The molecule has 1 heterocycles. The molecule has 2 rings (SSSR count). The van der Waals surface area contributed by atoms with Crippen molar-refractivity contribution in [3.05, 3.63) is 23.8 Å². The molecule has 88 valence electrons. The lowest BCUT2D eigenvalue weighted by atomic mass is 10.1. The molecule has 1 saturated heterocycles. The molecule has 0 saturated carbocycles. The summed E-state index contributed by atoms with van der Waals surface area (Å²) in [5.74, 6) is 0.897. The Labute approximate surface area is 100 Å². The van der Waals surface area contributed by atoms with E-state index in [0.717, 1.165) is 19.0 Å². The molecule has 0 amide bonds. The van der Waals surface area contributed by atoms with Crippen molar-refractivity contribution < 1.29 is 9.47 Å². The summed E-state index contributed by atoms with van der Waals surface area (Å²) in [5.41, 5.74) is 7.02. The van der Waals surface area contributed by atoms with E-state index in [4.69, 9.17) is 15.2 Å². The second-order valence-electron chi connectivity index (χ2n) is 4.11. The molecular formula is C12H17NO2S. The molecule has 1 aromatic carbocycles. The van der Waals surface area contributed by atoms with E-state index in [1.165, 1.54) is 10.5 Å². The zero-order valence-corrected chi connectivity index (χ0v) is 10.5. The molecule has 1 fully saturated rings. The summed E-state index contributed by atoms with van der Waals surface area (Å²) in [5, 5.41) is 0. The maximum Gasteiger partial charge on any atom is 0.119 e. The van der Waals surface area contributed by atoms with E-state index in [1.54, 1.807) is 7.11 Å². The monoisotopic (exact) mass is 239 g/mol. The van der Waals surface area contributed by atoms with Crippen LogP contribution < -0.4 is 10.5 Å². The molecule has 0 atom stereocenters. The highest BCUT2D eigenvalue weighted by molar-refractivity contribution is 8.00. The molecule has 0 aromatic heterocycles. The smallest absolute Gasteiger partial charge is 0.119 e. The van der Waals surface area contributed by atoms with Crippen LogP contribution in [0.15, 0.2) is 23.1 Å². The highest BCUT2D eigenvalue weighted by atomic mass is 32.2. The topological polar surface area (TPSA) is 44.5 Å². The molecule has 3 nitrogen and oxygen atoms in total. The summed E-state index contributed by atoms with van der Waals surface area (Å²) in [6, 6.07) is 6.12. The lowest BCUT2D eigenvalue weighted by Gasteiger charge is -2.40. The van der Waals surface area contributed by atoms with E-state index in [0.29, 0.717) is 6.54 Å². The van der Waals surface area contributed by atoms with Crippen molar-refractivity contribution in [3.8, 4) is 5.75 Å². The summed E-state index contributed by atoms with van der Waals surface area (Å²) in [6.45, 7) is 4.25. The number of nitrogens with two attached hydrogens (primary N) is 1. The van der Waals surface area contributed by atoms with Crippen LogP contribution in [0.2, 0.25) is 0 Å². The van der Waals surface area contributed by atoms with E-state index in [9.17, 15) is 0 Å². The Kier molecular flexibility index (Phi) is 3.42. The molecule has 2 N–H and O–H groups in total. The Morgan fingerprint density at radius 3 is 2.69 bits per heavy atom. The van der Waals surface area contributed by atoms with Crippen LogP contribution in [0.5, 0.6) is 5.75 Å². The Morgan fingerprint density at radius 1 is 1.50 bits per heavy atom. The van der Waals surface area contributed by atoms with Crippen LogP contribution in [-0.4, -0.2) is 31.6 Å². The number of rotatable bonds is 4. The fraction of sp³-hybridized carbons (Fsp3) is 0.500. The number of methoxy groups -OCH3 is 1. The Morgan fingerprint density at radius 2 is 2.25 bits per heavy atom. The first kappa shape index (κ1) is 11.8. The minimum Gasteiger partial charge on any atom is -0.497 e. The third kappa shape index (κ3) is 2.19. The summed E-state index contributed by atoms with van der Waals surface area (Å²) >= 11 is 1.82.